The average Bonchev–Trinajstić information content (AvgIpc) is 2.68. The molecule has 0 heterocycles. The molecule has 102 valence electrons. The van der Waals surface area contributed by atoms with Gasteiger partial charge in [0.2, 0.25) is 0 Å². The van der Waals surface area contributed by atoms with Gasteiger partial charge in [-0.1, -0.05) is 0 Å². The topological polar surface area (TPSA) is 0 Å². The van der Waals surface area contributed by atoms with E-state index in [1.807, 2.05) is 0 Å². The van der Waals surface area contributed by atoms with Crippen LogP contribution in [-0.2, 0) is 23.2 Å². The Balaban J connectivity index is 2.32. The third kappa shape index (κ3) is 2.20. The van der Waals surface area contributed by atoms with E-state index in [-0.39, 0.29) is 17.7 Å². The predicted molar refractivity (Wildman–Crippen MR) is 53.7 cm³/mol. The van der Waals surface area contributed by atoms with Gasteiger partial charge in [-0.25, -0.2) is 0 Å². The molecule has 0 aromatic carbocycles. The molecule has 19 heavy (non-hydrogen) atoms. The minimum atomic E-state index is -2.31. The fraction of sp³-hybridized carbons (Fsp3) is 0.333. The molecule has 0 aliphatic heterocycles. The van der Waals surface area contributed by atoms with Crippen molar-refractivity contribution in [2.45, 2.75) is 26.2 Å². The molecule has 2 aliphatic carbocycles. The Morgan fingerprint density at radius 3 is 1.26 bits per heavy atom. The summed E-state index contributed by atoms with van der Waals surface area (Å²) >= 11 is -2.31. The first-order valence-electron chi connectivity index (χ1n) is 5.35. The Hall–Kier alpha value is -0.577. The number of hydrogen-bond acceptors (Lipinski definition) is 0. The first kappa shape index (κ1) is 14.8. The van der Waals surface area contributed by atoms with Crippen LogP contribution in [-0.4, -0.2) is 12.3 Å². The molecule has 0 saturated heterocycles. The zero-order valence-electron chi connectivity index (χ0n) is 9.92. The predicted octanol–water partition coefficient (Wildman–Crippen LogP) is 4.62. The molecule has 2 aliphatic rings. The van der Waals surface area contributed by atoms with Gasteiger partial charge in [0.15, 0.2) is 0 Å². The van der Waals surface area contributed by atoms with Gasteiger partial charge < -0.3 is 0 Å². The molecule has 2 unspecified atom stereocenters. The molecule has 7 heteroatoms. The third-order valence-corrected chi connectivity index (χ3v) is 7.52. The SMILES string of the molecule is CC1=[C]([Zr][C]2=C(C)C(F)=C(F)C2F)C(F)C(F)=C1F. The van der Waals surface area contributed by atoms with Crippen molar-refractivity contribution in [2.24, 2.45) is 0 Å². The Morgan fingerprint density at radius 2 is 1.05 bits per heavy atom. The van der Waals surface area contributed by atoms with Gasteiger partial charge in [0.25, 0.3) is 0 Å². The quantitative estimate of drug-likeness (QED) is 0.633. The van der Waals surface area contributed by atoms with Gasteiger partial charge in [0, 0.05) is 0 Å². The number of halogens is 6. The standard InChI is InChI=1S/2C6H4F3.Zr/c2*1-3-2-4(7)6(9)5(3)8;/h2*4H,1H3;. The van der Waals surface area contributed by atoms with Crippen molar-refractivity contribution in [3.8, 4) is 0 Å². The van der Waals surface area contributed by atoms with Gasteiger partial charge in [-0.2, -0.15) is 0 Å². The molecule has 0 nitrogen and oxygen atoms in total. The number of allylic oxidation sites excluding steroid dienone is 8. The van der Waals surface area contributed by atoms with E-state index in [0.717, 1.165) is 0 Å². The molecule has 0 aromatic rings. The summed E-state index contributed by atoms with van der Waals surface area (Å²) < 4.78 is 79.3. The first-order chi connectivity index (χ1) is 8.77. The molecular weight excluding hydrogens is 349 g/mol. The monoisotopic (exact) mass is 356 g/mol. The first-order valence-corrected chi connectivity index (χ1v) is 7.81. The minimum absolute atomic E-state index is 0.168. The van der Waals surface area contributed by atoms with Gasteiger partial charge in [0.05, 0.1) is 0 Å². The van der Waals surface area contributed by atoms with Crippen LogP contribution < -0.4 is 0 Å². The molecule has 0 amide bonds. The molecule has 2 atom stereocenters. The van der Waals surface area contributed by atoms with Crippen molar-refractivity contribution in [1.82, 2.24) is 0 Å². The van der Waals surface area contributed by atoms with Gasteiger partial charge in [0.1, 0.15) is 0 Å². The summed E-state index contributed by atoms with van der Waals surface area (Å²) in [5.74, 6) is -5.64. The summed E-state index contributed by atoms with van der Waals surface area (Å²) in [5.41, 5.74) is -0.423. The van der Waals surface area contributed by atoms with Crippen LogP contribution in [0.1, 0.15) is 13.8 Å². The van der Waals surface area contributed by atoms with Gasteiger partial charge in [-0.05, 0) is 0 Å². The molecule has 0 N–H and O–H groups in total. The van der Waals surface area contributed by atoms with Crippen LogP contribution in [0, 0.1) is 0 Å². The fourth-order valence-electron chi connectivity index (χ4n) is 1.91. The van der Waals surface area contributed by atoms with Gasteiger partial charge >= 0.3 is 117 Å². The van der Waals surface area contributed by atoms with Crippen LogP contribution in [0.25, 0.3) is 0 Å². The average molecular weight is 357 g/mol. The summed E-state index contributed by atoms with van der Waals surface area (Å²) in [6.45, 7) is 2.37. The summed E-state index contributed by atoms with van der Waals surface area (Å²) in [6, 6.07) is 0. The van der Waals surface area contributed by atoms with Crippen LogP contribution in [0.5, 0.6) is 0 Å². The van der Waals surface area contributed by atoms with Crippen molar-refractivity contribution < 1.29 is 49.6 Å². The molecule has 0 radical (unpaired) electrons. The maximum atomic E-state index is 13.5. The second kappa shape index (κ2) is 5.08. The van der Waals surface area contributed by atoms with E-state index in [2.05, 4.69) is 0 Å². The Labute approximate surface area is 117 Å². The Bertz CT molecular complexity index is 519. The summed E-state index contributed by atoms with van der Waals surface area (Å²) in [5, 5.41) is 0. The van der Waals surface area contributed by atoms with Crippen molar-refractivity contribution >= 4 is 0 Å². The molecule has 2 rings (SSSR count). The molecule has 0 aromatic heterocycles. The van der Waals surface area contributed by atoms with E-state index in [1.165, 1.54) is 13.8 Å². The van der Waals surface area contributed by atoms with E-state index in [4.69, 9.17) is 0 Å². The fourth-order valence-corrected chi connectivity index (χ4v) is 5.33. The zero-order chi connectivity index (χ0) is 14.5. The van der Waals surface area contributed by atoms with Crippen LogP contribution in [0.3, 0.4) is 0 Å². The Morgan fingerprint density at radius 1 is 0.737 bits per heavy atom. The van der Waals surface area contributed by atoms with Crippen molar-refractivity contribution in [1.29, 1.82) is 0 Å². The third-order valence-electron chi connectivity index (χ3n) is 3.11. The van der Waals surface area contributed by atoms with Crippen LogP contribution in [0.15, 0.2) is 41.0 Å². The second-order valence-corrected chi connectivity index (χ2v) is 7.51. The van der Waals surface area contributed by atoms with E-state index >= 15 is 0 Å². The summed E-state index contributed by atoms with van der Waals surface area (Å²) in [6.07, 6.45) is -4.49. The van der Waals surface area contributed by atoms with E-state index in [1.54, 1.807) is 0 Å². The maximum absolute atomic E-state index is 13.5. The van der Waals surface area contributed by atoms with Crippen molar-refractivity contribution in [3.05, 3.63) is 41.0 Å². The van der Waals surface area contributed by atoms with E-state index in [9.17, 15) is 26.3 Å². The molecule has 0 fully saturated rings. The van der Waals surface area contributed by atoms with Crippen molar-refractivity contribution in [3.63, 3.8) is 0 Å². The van der Waals surface area contributed by atoms with Crippen LogP contribution in [0.2, 0.25) is 0 Å². The van der Waals surface area contributed by atoms with Crippen molar-refractivity contribution in [2.75, 3.05) is 0 Å². The second-order valence-electron chi connectivity index (χ2n) is 4.25. The molecule has 0 spiro atoms. The molecular formula is C12H8F6Zr. The van der Waals surface area contributed by atoms with Crippen LogP contribution in [0.4, 0.5) is 26.3 Å². The van der Waals surface area contributed by atoms with Crippen LogP contribution >= 0.6 is 0 Å². The number of hydrogen-bond donors (Lipinski definition) is 0. The number of rotatable bonds is 2. The van der Waals surface area contributed by atoms with E-state index < -0.39 is 58.9 Å². The van der Waals surface area contributed by atoms with Gasteiger partial charge in [-0.15, -0.1) is 0 Å². The molecule has 0 saturated carbocycles. The Kier molecular flexibility index (Phi) is 3.96. The van der Waals surface area contributed by atoms with Gasteiger partial charge in [-0.3, -0.25) is 0 Å². The summed E-state index contributed by atoms with van der Waals surface area (Å²) in [7, 11) is 0. The molecule has 0 bridgehead atoms. The summed E-state index contributed by atoms with van der Waals surface area (Å²) in [4.78, 5) is 0. The number of alkyl halides is 2. The zero-order valence-corrected chi connectivity index (χ0v) is 12.4. The van der Waals surface area contributed by atoms with E-state index in [0.29, 0.717) is 0 Å². The normalized spacial score (nSPS) is 28.2.